The van der Waals surface area contributed by atoms with Crippen LogP contribution in [0.15, 0.2) is 35.2 Å². The van der Waals surface area contributed by atoms with Crippen molar-refractivity contribution in [2.24, 2.45) is 0 Å². The Morgan fingerprint density at radius 2 is 1.37 bits per heavy atom. The van der Waals surface area contributed by atoms with Crippen molar-refractivity contribution in [2.75, 3.05) is 6.54 Å². The number of ether oxygens (including phenoxy) is 1. The molecule has 0 spiro atoms. The molecule has 0 aliphatic carbocycles. The van der Waals surface area contributed by atoms with E-state index in [1.165, 1.54) is 45.0 Å². The first-order valence-corrected chi connectivity index (χ1v) is 9.97. The summed E-state index contributed by atoms with van der Waals surface area (Å²) in [6.07, 6.45) is 0. The van der Waals surface area contributed by atoms with E-state index in [1.807, 2.05) is 0 Å². The molecule has 0 unspecified atom stereocenters. The molecule has 0 aliphatic heterocycles. The van der Waals surface area contributed by atoms with Crippen molar-refractivity contribution in [2.45, 2.75) is 37.8 Å². The number of rotatable bonds is 6. The van der Waals surface area contributed by atoms with Crippen LogP contribution in [0.3, 0.4) is 0 Å². The minimum atomic E-state index is -5.34. The maximum Gasteiger partial charge on any atom is 0.321 e. The third-order valence-electron chi connectivity index (χ3n) is 3.69. The second-order valence-corrected chi connectivity index (χ2v) is 9.12. The Morgan fingerprint density at radius 3 is 1.83 bits per heavy atom. The number of carbonyl (C=O) groups is 1. The van der Waals surface area contributed by atoms with Crippen LogP contribution in [-0.2, 0) is 26.1 Å². The Hall–Kier alpha value is -2.53. The number of esters is 1. The maximum absolute atomic E-state index is 14.2. The van der Waals surface area contributed by atoms with Gasteiger partial charge in [0.1, 0.15) is 12.1 Å². The number of halogens is 5. The Bertz CT molecular complexity index is 1020. The first-order chi connectivity index (χ1) is 13.8. The zero-order valence-corrected chi connectivity index (χ0v) is 17.0. The summed E-state index contributed by atoms with van der Waals surface area (Å²) >= 11 is 0. The highest BCUT2D eigenvalue weighted by Crippen LogP contribution is 2.30. The van der Waals surface area contributed by atoms with Crippen LogP contribution in [0.5, 0.6) is 0 Å². The average Bonchev–Trinajstić information content (AvgIpc) is 2.63. The van der Waals surface area contributed by atoms with Crippen molar-refractivity contribution in [1.29, 1.82) is 0 Å². The van der Waals surface area contributed by atoms with Gasteiger partial charge in [0, 0.05) is 6.54 Å². The third-order valence-corrected chi connectivity index (χ3v) is 5.51. The lowest BCUT2D eigenvalue weighted by molar-refractivity contribution is -0.155. The molecule has 0 N–H and O–H groups in total. The third kappa shape index (κ3) is 5.14. The normalized spacial score (nSPS) is 12.3. The number of hydrogen-bond acceptors (Lipinski definition) is 4. The summed E-state index contributed by atoms with van der Waals surface area (Å²) in [5.41, 5.74) is -0.711. The molecule has 0 heterocycles. The van der Waals surface area contributed by atoms with E-state index in [4.69, 9.17) is 4.74 Å². The molecule has 0 amide bonds. The minimum absolute atomic E-state index is 0.286. The standard InChI is InChI=1S/C19H18F5NO4S/c1-19(2,3)29-12(26)10-25(9-11-7-5-4-6-8-11)30(27,28)18-16(23)14(21)13(20)15(22)17(18)24/h4-8H,9-10H2,1-3H3. The highest BCUT2D eigenvalue weighted by molar-refractivity contribution is 7.89. The van der Waals surface area contributed by atoms with Crippen molar-refractivity contribution in [3.63, 3.8) is 0 Å². The molecule has 0 fully saturated rings. The molecule has 30 heavy (non-hydrogen) atoms. The lowest BCUT2D eigenvalue weighted by atomic mass is 10.2. The van der Waals surface area contributed by atoms with E-state index in [0.717, 1.165) is 0 Å². The first kappa shape index (κ1) is 23.7. The predicted molar refractivity (Wildman–Crippen MR) is 96.1 cm³/mol. The van der Waals surface area contributed by atoms with Crippen LogP contribution in [0.1, 0.15) is 26.3 Å². The molecule has 2 aromatic carbocycles. The van der Waals surface area contributed by atoms with Crippen molar-refractivity contribution < 1.29 is 39.9 Å². The van der Waals surface area contributed by atoms with Crippen LogP contribution >= 0.6 is 0 Å². The van der Waals surface area contributed by atoms with E-state index in [0.29, 0.717) is 5.56 Å². The zero-order chi connectivity index (χ0) is 22.9. The van der Waals surface area contributed by atoms with Gasteiger partial charge in [-0.15, -0.1) is 0 Å². The molecular formula is C19H18F5NO4S. The van der Waals surface area contributed by atoms with Crippen LogP contribution in [0.2, 0.25) is 0 Å². The van der Waals surface area contributed by atoms with Crippen LogP contribution in [-0.4, -0.2) is 30.8 Å². The van der Waals surface area contributed by atoms with Crippen LogP contribution < -0.4 is 0 Å². The fraction of sp³-hybridized carbons (Fsp3) is 0.316. The van der Waals surface area contributed by atoms with Crippen LogP contribution in [0.25, 0.3) is 0 Å². The van der Waals surface area contributed by atoms with Gasteiger partial charge in [-0.3, -0.25) is 4.79 Å². The van der Waals surface area contributed by atoms with Gasteiger partial charge in [0.25, 0.3) is 0 Å². The Labute approximate surface area is 170 Å². The molecule has 0 atom stereocenters. The summed E-state index contributed by atoms with van der Waals surface area (Å²) in [4.78, 5) is 10.1. The second kappa shape index (κ2) is 8.68. The summed E-state index contributed by atoms with van der Waals surface area (Å²) in [6.45, 7) is 2.91. The molecule has 164 valence electrons. The topological polar surface area (TPSA) is 63.7 Å². The number of hydrogen-bond donors (Lipinski definition) is 0. The zero-order valence-electron chi connectivity index (χ0n) is 16.2. The lowest BCUT2D eigenvalue weighted by Gasteiger charge is -2.25. The average molecular weight is 451 g/mol. The van der Waals surface area contributed by atoms with Crippen LogP contribution in [0, 0.1) is 29.1 Å². The smallest absolute Gasteiger partial charge is 0.321 e. The van der Waals surface area contributed by atoms with E-state index in [9.17, 15) is 35.2 Å². The Balaban J connectivity index is 2.58. The summed E-state index contributed by atoms with van der Waals surface area (Å²) in [7, 11) is -5.34. The SMILES string of the molecule is CC(C)(C)OC(=O)CN(Cc1ccccc1)S(=O)(=O)c1c(F)c(F)c(F)c(F)c1F. The molecule has 0 saturated carbocycles. The van der Waals surface area contributed by atoms with Gasteiger partial charge in [0.15, 0.2) is 28.2 Å². The number of carbonyl (C=O) groups excluding carboxylic acids is 1. The quantitative estimate of drug-likeness (QED) is 0.289. The van der Waals surface area contributed by atoms with Crippen molar-refractivity contribution in [3.05, 3.63) is 65.0 Å². The highest BCUT2D eigenvalue weighted by atomic mass is 32.2. The van der Waals surface area contributed by atoms with E-state index in [-0.39, 0.29) is 4.31 Å². The molecule has 0 aliphatic rings. The number of benzene rings is 2. The molecule has 2 rings (SSSR count). The minimum Gasteiger partial charge on any atom is -0.459 e. The molecule has 0 bridgehead atoms. The van der Waals surface area contributed by atoms with Gasteiger partial charge in [-0.1, -0.05) is 30.3 Å². The summed E-state index contributed by atoms with van der Waals surface area (Å²) in [6, 6.07) is 7.59. The summed E-state index contributed by atoms with van der Waals surface area (Å²) < 4.78 is 99.9. The fourth-order valence-corrected chi connectivity index (χ4v) is 3.96. The van der Waals surface area contributed by atoms with Gasteiger partial charge in [-0.2, -0.15) is 4.31 Å². The van der Waals surface area contributed by atoms with E-state index in [1.54, 1.807) is 6.07 Å². The molecule has 0 aromatic heterocycles. The van der Waals surface area contributed by atoms with Gasteiger partial charge in [-0.25, -0.2) is 30.4 Å². The molecule has 0 radical (unpaired) electrons. The first-order valence-electron chi connectivity index (χ1n) is 8.53. The van der Waals surface area contributed by atoms with E-state index >= 15 is 0 Å². The second-order valence-electron chi connectivity index (χ2n) is 7.24. The number of sulfonamides is 1. The van der Waals surface area contributed by atoms with Gasteiger partial charge in [0.2, 0.25) is 15.8 Å². The number of nitrogens with zero attached hydrogens (tertiary/aromatic N) is 1. The van der Waals surface area contributed by atoms with E-state index < -0.39 is 68.7 Å². The maximum atomic E-state index is 14.2. The van der Waals surface area contributed by atoms with Crippen molar-refractivity contribution in [1.82, 2.24) is 4.31 Å². The lowest BCUT2D eigenvalue weighted by Crippen LogP contribution is -2.39. The van der Waals surface area contributed by atoms with Gasteiger partial charge >= 0.3 is 5.97 Å². The van der Waals surface area contributed by atoms with Crippen molar-refractivity contribution in [3.8, 4) is 0 Å². The monoisotopic (exact) mass is 451 g/mol. The molecular weight excluding hydrogens is 433 g/mol. The highest BCUT2D eigenvalue weighted by Gasteiger charge is 2.38. The van der Waals surface area contributed by atoms with Crippen LogP contribution in [0.4, 0.5) is 22.0 Å². The van der Waals surface area contributed by atoms with Crippen molar-refractivity contribution >= 4 is 16.0 Å². The summed E-state index contributed by atoms with van der Waals surface area (Å²) in [5.74, 6) is -13.4. The Morgan fingerprint density at radius 1 is 0.900 bits per heavy atom. The van der Waals surface area contributed by atoms with Gasteiger partial charge in [-0.05, 0) is 26.3 Å². The largest absolute Gasteiger partial charge is 0.459 e. The molecule has 5 nitrogen and oxygen atoms in total. The Kier molecular flexibility index (Phi) is 6.87. The molecule has 2 aromatic rings. The fourth-order valence-electron chi connectivity index (χ4n) is 2.47. The van der Waals surface area contributed by atoms with Gasteiger partial charge in [0.05, 0.1) is 0 Å². The molecule has 0 saturated heterocycles. The van der Waals surface area contributed by atoms with E-state index in [2.05, 4.69) is 0 Å². The van der Waals surface area contributed by atoms with Gasteiger partial charge < -0.3 is 4.74 Å². The molecule has 11 heteroatoms. The predicted octanol–water partition coefficient (Wildman–Crippen LogP) is 3.91. The summed E-state index contributed by atoms with van der Waals surface area (Å²) in [5, 5.41) is 0.